The molecule has 0 aliphatic heterocycles. The van der Waals surface area contributed by atoms with E-state index in [0.717, 1.165) is 17.9 Å². The summed E-state index contributed by atoms with van der Waals surface area (Å²) in [7, 11) is 0. The van der Waals surface area contributed by atoms with Crippen molar-refractivity contribution < 1.29 is 4.42 Å². The third-order valence-corrected chi connectivity index (χ3v) is 3.14. The molecule has 3 heteroatoms. The van der Waals surface area contributed by atoms with Crippen LogP contribution in [0.1, 0.15) is 43.7 Å². The molecule has 3 nitrogen and oxygen atoms in total. The van der Waals surface area contributed by atoms with E-state index in [4.69, 9.17) is 10.3 Å². The molecule has 1 saturated carbocycles. The minimum atomic E-state index is 0.212. The Morgan fingerprint density at radius 2 is 2.36 bits per heavy atom. The molecule has 0 bridgehead atoms. The minimum Gasteiger partial charge on any atom is -0.464 e. The lowest BCUT2D eigenvalue weighted by Gasteiger charge is -2.31. The van der Waals surface area contributed by atoms with Crippen LogP contribution < -0.4 is 11.3 Å². The molecule has 0 radical (unpaired) electrons. The summed E-state index contributed by atoms with van der Waals surface area (Å²) >= 11 is 0. The highest BCUT2D eigenvalue weighted by atomic mass is 16.3. The van der Waals surface area contributed by atoms with Crippen LogP contribution in [0, 0.1) is 5.92 Å². The highest BCUT2D eigenvalue weighted by Crippen LogP contribution is 2.37. The monoisotopic (exact) mass is 194 g/mol. The zero-order valence-electron chi connectivity index (χ0n) is 8.62. The maximum Gasteiger partial charge on any atom is 0.122 e. The number of hydrazine groups is 1. The van der Waals surface area contributed by atoms with Gasteiger partial charge in [-0.05, 0) is 30.9 Å². The van der Waals surface area contributed by atoms with Gasteiger partial charge < -0.3 is 4.42 Å². The first-order chi connectivity index (χ1) is 6.85. The van der Waals surface area contributed by atoms with E-state index in [1.54, 1.807) is 0 Å². The average molecular weight is 194 g/mol. The van der Waals surface area contributed by atoms with Crippen molar-refractivity contribution in [2.75, 3.05) is 0 Å². The van der Waals surface area contributed by atoms with Crippen molar-refractivity contribution >= 4 is 0 Å². The molecule has 0 aromatic carbocycles. The Balaban J connectivity index is 2.09. The number of aryl methyl sites for hydroxylation is 1. The highest BCUT2D eigenvalue weighted by molar-refractivity contribution is 5.12. The van der Waals surface area contributed by atoms with E-state index in [0.29, 0.717) is 5.92 Å². The van der Waals surface area contributed by atoms with Crippen LogP contribution in [0.3, 0.4) is 0 Å². The molecule has 1 aliphatic rings. The van der Waals surface area contributed by atoms with Gasteiger partial charge >= 0.3 is 0 Å². The van der Waals surface area contributed by atoms with Gasteiger partial charge in [0.05, 0.1) is 6.04 Å². The summed E-state index contributed by atoms with van der Waals surface area (Å²) < 4.78 is 5.70. The highest BCUT2D eigenvalue weighted by Gasteiger charge is 2.29. The van der Waals surface area contributed by atoms with Crippen LogP contribution in [0.5, 0.6) is 0 Å². The van der Waals surface area contributed by atoms with E-state index < -0.39 is 0 Å². The summed E-state index contributed by atoms with van der Waals surface area (Å²) in [6.45, 7) is 2.09. The lowest BCUT2D eigenvalue weighted by molar-refractivity contribution is 0.207. The molecular weight excluding hydrogens is 176 g/mol. The third-order valence-electron chi connectivity index (χ3n) is 3.14. The van der Waals surface area contributed by atoms with Crippen LogP contribution in [0.2, 0.25) is 0 Å². The second kappa shape index (κ2) is 4.15. The number of rotatable bonds is 4. The summed E-state index contributed by atoms with van der Waals surface area (Å²) in [5, 5.41) is 0. The maximum atomic E-state index is 5.70. The predicted octanol–water partition coefficient (Wildman–Crippen LogP) is 2.15. The van der Waals surface area contributed by atoms with E-state index in [1.165, 1.54) is 19.3 Å². The van der Waals surface area contributed by atoms with Gasteiger partial charge in [0, 0.05) is 6.42 Å². The Morgan fingerprint density at radius 3 is 2.79 bits per heavy atom. The Labute approximate surface area is 84.6 Å². The van der Waals surface area contributed by atoms with Crippen molar-refractivity contribution in [3.8, 4) is 0 Å². The second-order valence-electron chi connectivity index (χ2n) is 3.99. The average Bonchev–Trinajstić information content (AvgIpc) is 2.58. The van der Waals surface area contributed by atoms with Gasteiger partial charge in [0.15, 0.2) is 0 Å². The molecule has 0 spiro atoms. The minimum absolute atomic E-state index is 0.212. The number of nitrogens with one attached hydrogen (secondary N) is 1. The molecule has 3 N–H and O–H groups in total. The van der Waals surface area contributed by atoms with Gasteiger partial charge in [0.25, 0.3) is 0 Å². The molecule has 1 heterocycles. The fourth-order valence-electron chi connectivity index (χ4n) is 1.98. The van der Waals surface area contributed by atoms with Crippen molar-refractivity contribution in [3.63, 3.8) is 0 Å². The first-order valence-corrected chi connectivity index (χ1v) is 5.40. The molecule has 2 rings (SSSR count). The van der Waals surface area contributed by atoms with E-state index in [-0.39, 0.29) is 6.04 Å². The van der Waals surface area contributed by atoms with Gasteiger partial charge in [-0.15, -0.1) is 0 Å². The van der Waals surface area contributed by atoms with Crippen LogP contribution in [-0.4, -0.2) is 0 Å². The Morgan fingerprint density at radius 1 is 1.57 bits per heavy atom. The topological polar surface area (TPSA) is 51.2 Å². The predicted molar refractivity (Wildman–Crippen MR) is 55.5 cm³/mol. The van der Waals surface area contributed by atoms with Crippen molar-refractivity contribution in [1.82, 2.24) is 5.43 Å². The van der Waals surface area contributed by atoms with Gasteiger partial charge in [-0.1, -0.05) is 13.3 Å². The first kappa shape index (κ1) is 9.74. The molecule has 78 valence electrons. The molecule has 0 saturated heterocycles. The van der Waals surface area contributed by atoms with Crippen LogP contribution in [0.4, 0.5) is 0 Å². The van der Waals surface area contributed by atoms with Gasteiger partial charge in [-0.3, -0.25) is 5.84 Å². The maximum absolute atomic E-state index is 5.70. The molecular formula is C11H18N2O. The normalized spacial score (nSPS) is 19.3. The molecule has 1 unspecified atom stereocenters. The smallest absolute Gasteiger partial charge is 0.122 e. The van der Waals surface area contributed by atoms with Gasteiger partial charge in [-0.2, -0.15) is 0 Å². The third kappa shape index (κ3) is 1.70. The Kier molecular flexibility index (Phi) is 2.89. The zero-order valence-corrected chi connectivity index (χ0v) is 8.62. The van der Waals surface area contributed by atoms with Crippen LogP contribution in [0.25, 0.3) is 0 Å². The van der Waals surface area contributed by atoms with E-state index in [2.05, 4.69) is 12.3 Å². The van der Waals surface area contributed by atoms with E-state index in [9.17, 15) is 0 Å². The Bertz CT molecular complexity index is 291. The zero-order chi connectivity index (χ0) is 9.97. The van der Waals surface area contributed by atoms with Crippen molar-refractivity contribution in [1.29, 1.82) is 0 Å². The van der Waals surface area contributed by atoms with Gasteiger partial charge in [-0.25, -0.2) is 5.43 Å². The molecule has 1 aliphatic carbocycles. The van der Waals surface area contributed by atoms with Crippen molar-refractivity contribution in [3.05, 3.63) is 23.7 Å². The quantitative estimate of drug-likeness (QED) is 0.570. The second-order valence-corrected chi connectivity index (χ2v) is 3.99. The Hall–Kier alpha value is -0.800. The number of hydrogen-bond donors (Lipinski definition) is 2. The van der Waals surface area contributed by atoms with Crippen molar-refractivity contribution in [2.45, 2.75) is 38.6 Å². The van der Waals surface area contributed by atoms with Crippen LogP contribution in [-0.2, 0) is 6.42 Å². The lowest BCUT2D eigenvalue weighted by Crippen LogP contribution is -2.36. The molecule has 1 aromatic heterocycles. The molecule has 14 heavy (non-hydrogen) atoms. The standard InChI is InChI=1S/C11H18N2O/c1-2-9-6-7-10(14-9)11(13-12)8-4-3-5-8/h6-8,11,13H,2-5,12H2,1H3. The first-order valence-electron chi connectivity index (χ1n) is 5.40. The van der Waals surface area contributed by atoms with Gasteiger partial charge in [0.2, 0.25) is 0 Å². The van der Waals surface area contributed by atoms with Crippen LogP contribution in [0.15, 0.2) is 16.5 Å². The molecule has 1 fully saturated rings. The van der Waals surface area contributed by atoms with Crippen LogP contribution >= 0.6 is 0 Å². The van der Waals surface area contributed by atoms with E-state index >= 15 is 0 Å². The SMILES string of the molecule is CCc1ccc(C(NN)C2CCC2)o1. The van der Waals surface area contributed by atoms with Crippen molar-refractivity contribution in [2.24, 2.45) is 11.8 Å². The summed E-state index contributed by atoms with van der Waals surface area (Å²) in [5.74, 6) is 8.25. The molecule has 0 amide bonds. The summed E-state index contributed by atoms with van der Waals surface area (Å²) in [6, 6.07) is 4.30. The molecule has 1 aromatic rings. The van der Waals surface area contributed by atoms with E-state index in [1.807, 2.05) is 12.1 Å². The number of hydrogen-bond acceptors (Lipinski definition) is 3. The summed E-state index contributed by atoms with van der Waals surface area (Å²) in [5.41, 5.74) is 2.86. The number of furan rings is 1. The lowest BCUT2D eigenvalue weighted by atomic mass is 9.79. The number of nitrogens with two attached hydrogens (primary N) is 1. The summed E-state index contributed by atoms with van der Waals surface area (Å²) in [4.78, 5) is 0. The molecule has 1 atom stereocenters. The fraction of sp³-hybridized carbons (Fsp3) is 0.636. The fourth-order valence-corrected chi connectivity index (χ4v) is 1.98. The van der Waals surface area contributed by atoms with Gasteiger partial charge in [0.1, 0.15) is 11.5 Å². The summed E-state index contributed by atoms with van der Waals surface area (Å²) in [6.07, 6.45) is 4.79. The largest absolute Gasteiger partial charge is 0.464 e.